The molecule has 0 fully saturated rings. The summed E-state index contributed by atoms with van der Waals surface area (Å²) in [5.41, 5.74) is 3.23. The first kappa shape index (κ1) is 19.8. The van der Waals surface area contributed by atoms with Gasteiger partial charge in [-0.15, -0.1) is 11.3 Å². The molecule has 152 valence electrons. The van der Waals surface area contributed by atoms with Crippen molar-refractivity contribution in [1.29, 1.82) is 0 Å². The van der Waals surface area contributed by atoms with E-state index < -0.39 is 5.97 Å². The molecule has 0 amide bonds. The van der Waals surface area contributed by atoms with Crippen LogP contribution < -0.4 is 10.3 Å². The van der Waals surface area contributed by atoms with Gasteiger partial charge in [0.25, 0.3) is 5.56 Å². The predicted molar refractivity (Wildman–Crippen MR) is 117 cm³/mol. The summed E-state index contributed by atoms with van der Waals surface area (Å²) in [6, 6.07) is 14.9. The summed E-state index contributed by atoms with van der Waals surface area (Å²) in [7, 11) is 1.62. The quantitative estimate of drug-likeness (QED) is 0.476. The number of carbonyl (C=O) groups excluding carboxylic acids is 1. The van der Waals surface area contributed by atoms with Crippen molar-refractivity contribution >= 4 is 28.2 Å². The zero-order chi connectivity index (χ0) is 21.3. The zero-order valence-corrected chi connectivity index (χ0v) is 17.6. The average Bonchev–Trinajstić information content (AvgIpc) is 3.14. The Morgan fingerprint density at radius 2 is 1.90 bits per heavy atom. The highest BCUT2D eigenvalue weighted by Crippen LogP contribution is 2.32. The highest BCUT2D eigenvalue weighted by Gasteiger charge is 2.16. The summed E-state index contributed by atoms with van der Waals surface area (Å²) in [6.45, 7) is 3.75. The summed E-state index contributed by atoms with van der Waals surface area (Å²) in [4.78, 5) is 33.5. The molecule has 1 N–H and O–H groups in total. The number of aromatic nitrogens is 2. The molecule has 0 bridgehead atoms. The Bertz CT molecular complexity index is 1290. The monoisotopic (exact) mass is 420 g/mol. The lowest BCUT2D eigenvalue weighted by Crippen LogP contribution is -2.14. The maximum atomic E-state index is 12.6. The molecule has 4 aromatic rings. The molecule has 0 aliphatic carbocycles. The van der Waals surface area contributed by atoms with Crippen molar-refractivity contribution in [3.63, 3.8) is 0 Å². The summed E-state index contributed by atoms with van der Waals surface area (Å²) >= 11 is 1.37. The first-order valence-electron chi connectivity index (χ1n) is 9.37. The third-order valence-electron chi connectivity index (χ3n) is 4.85. The topological polar surface area (TPSA) is 81.3 Å². The number of methoxy groups -OCH3 is 1. The summed E-state index contributed by atoms with van der Waals surface area (Å²) in [5, 5.41) is 0.517. The second-order valence-corrected chi connectivity index (χ2v) is 8.13. The van der Waals surface area contributed by atoms with Gasteiger partial charge in [-0.2, -0.15) is 0 Å². The molecule has 0 unspecified atom stereocenters. The molecule has 30 heavy (non-hydrogen) atoms. The number of carbonyl (C=O) groups is 1. The Morgan fingerprint density at radius 3 is 2.63 bits per heavy atom. The fraction of sp³-hybridized carbons (Fsp3) is 0.174. The van der Waals surface area contributed by atoms with E-state index >= 15 is 0 Å². The number of esters is 1. The molecule has 0 radical (unpaired) electrons. The molecule has 2 aromatic heterocycles. The van der Waals surface area contributed by atoms with Gasteiger partial charge in [0, 0.05) is 4.88 Å². The molecule has 6 nitrogen and oxygen atoms in total. The number of aryl methyl sites for hydroxylation is 2. The number of nitrogens with zero attached hydrogens (tertiary/aromatic N) is 1. The van der Waals surface area contributed by atoms with E-state index in [0.29, 0.717) is 21.6 Å². The minimum atomic E-state index is -0.449. The molecule has 2 heterocycles. The first-order chi connectivity index (χ1) is 14.5. The van der Waals surface area contributed by atoms with E-state index in [1.807, 2.05) is 56.3 Å². The number of aromatic amines is 1. The van der Waals surface area contributed by atoms with Gasteiger partial charge in [-0.05, 0) is 54.8 Å². The largest absolute Gasteiger partial charge is 0.497 e. The van der Waals surface area contributed by atoms with Gasteiger partial charge in [0.1, 0.15) is 23.1 Å². The maximum Gasteiger partial charge on any atom is 0.348 e. The Labute approximate surface area is 177 Å². The van der Waals surface area contributed by atoms with E-state index in [1.165, 1.54) is 11.3 Å². The Balaban J connectivity index is 1.53. The second kappa shape index (κ2) is 8.12. The number of para-hydroxylation sites is 1. The van der Waals surface area contributed by atoms with E-state index in [1.54, 1.807) is 13.2 Å². The molecule has 0 saturated carbocycles. The number of ether oxygens (including phenoxy) is 2. The molecule has 0 saturated heterocycles. The first-order valence-corrected chi connectivity index (χ1v) is 10.2. The second-order valence-electron chi connectivity index (χ2n) is 6.87. The van der Waals surface area contributed by atoms with Crippen LogP contribution in [-0.2, 0) is 11.3 Å². The maximum absolute atomic E-state index is 12.6. The van der Waals surface area contributed by atoms with Crippen molar-refractivity contribution in [2.24, 2.45) is 0 Å². The van der Waals surface area contributed by atoms with Gasteiger partial charge in [-0.25, -0.2) is 9.78 Å². The van der Waals surface area contributed by atoms with Crippen molar-refractivity contribution in [3.8, 4) is 16.9 Å². The average molecular weight is 420 g/mol. The Kier molecular flexibility index (Phi) is 5.37. The fourth-order valence-electron chi connectivity index (χ4n) is 3.27. The molecule has 4 rings (SSSR count). The number of hydrogen-bond acceptors (Lipinski definition) is 6. The van der Waals surface area contributed by atoms with E-state index in [9.17, 15) is 9.59 Å². The Hall–Kier alpha value is -3.45. The highest BCUT2D eigenvalue weighted by atomic mass is 32.1. The minimum absolute atomic E-state index is 0.104. The lowest BCUT2D eigenvalue weighted by Gasteiger charge is -2.06. The molecule has 0 atom stereocenters. The van der Waals surface area contributed by atoms with Gasteiger partial charge in [0.05, 0.1) is 18.0 Å². The summed E-state index contributed by atoms with van der Waals surface area (Å²) in [6.07, 6.45) is 0. The van der Waals surface area contributed by atoms with Crippen LogP contribution in [0, 0.1) is 13.8 Å². The summed E-state index contributed by atoms with van der Waals surface area (Å²) in [5.74, 6) is 0.646. The van der Waals surface area contributed by atoms with E-state index in [-0.39, 0.29) is 12.2 Å². The van der Waals surface area contributed by atoms with Crippen LogP contribution in [0.15, 0.2) is 53.3 Å². The Morgan fingerprint density at radius 1 is 1.13 bits per heavy atom. The van der Waals surface area contributed by atoms with Crippen molar-refractivity contribution in [3.05, 3.63) is 80.0 Å². The smallest absolute Gasteiger partial charge is 0.348 e. The number of H-pyrrole nitrogens is 1. The van der Waals surface area contributed by atoms with Crippen molar-refractivity contribution in [1.82, 2.24) is 9.97 Å². The number of rotatable bonds is 5. The number of hydrogen-bond donors (Lipinski definition) is 1. The SMILES string of the molecule is COc1ccc(-c2cc(C(=O)OCc3nc4c(C)cccc4c(=O)[nH]3)sc2C)cc1. The van der Waals surface area contributed by atoms with Crippen LogP contribution in [0.2, 0.25) is 0 Å². The molecule has 0 aliphatic heterocycles. The summed E-state index contributed by atoms with van der Waals surface area (Å²) < 4.78 is 10.6. The lowest BCUT2D eigenvalue weighted by molar-refractivity contribution is 0.0468. The predicted octanol–water partition coefficient (Wildman–Crippen LogP) is 4.63. The lowest BCUT2D eigenvalue weighted by atomic mass is 10.1. The van der Waals surface area contributed by atoms with Crippen LogP contribution in [-0.4, -0.2) is 23.0 Å². The van der Waals surface area contributed by atoms with Crippen molar-refractivity contribution in [2.75, 3.05) is 7.11 Å². The van der Waals surface area contributed by atoms with E-state index in [0.717, 1.165) is 27.3 Å². The highest BCUT2D eigenvalue weighted by molar-refractivity contribution is 7.14. The van der Waals surface area contributed by atoms with Crippen LogP contribution in [0.4, 0.5) is 0 Å². The van der Waals surface area contributed by atoms with Crippen LogP contribution in [0.25, 0.3) is 22.0 Å². The number of fused-ring (bicyclic) bond motifs is 1. The molecular weight excluding hydrogens is 400 g/mol. The number of benzene rings is 2. The molecular formula is C23H20N2O4S. The van der Waals surface area contributed by atoms with Crippen LogP contribution in [0.1, 0.15) is 25.9 Å². The van der Waals surface area contributed by atoms with Crippen LogP contribution in [0.3, 0.4) is 0 Å². The molecule has 0 spiro atoms. The van der Waals surface area contributed by atoms with Crippen molar-refractivity contribution in [2.45, 2.75) is 20.5 Å². The van der Waals surface area contributed by atoms with Gasteiger partial charge in [-0.1, -0.05) is 24.3 Å². The van der Waals surface area contributed by atoms with Gasteiger partial charge in [-0.3, -0.25) is 4.79 Å². The van der Waals surface area contributed by atoms with Crippen LogP contribution in [0.5, 0.6) is 5.75 Å². The van der Waals surface area contributed by atoms with Crippen LogP contribution >= 0.6 is 11.3 Å². The van der Waals surface area contributed by atoms with Gasteiger partial charge in [0.15, 0.2) is 0 Å². The normalized spacial score (nSPS) is 10.9. The molecule has 0 aliphatic rings. The fourth-order valence-corrected chi connectivity index (χ4v) is 4.20. The third kappa shape index (κ3) is 3.84. The van der Waals surface area contributed by atoms with E-state index in [4.69, 9.17) is 9.47 Å². The molecule has 7 heteroatoms. The number of nitrogens with one attached hydrogen (secondary N) is 1. The zero-order valence-electron chi connectivity index (χ0n) is 16.8. The molecule has 2 aromatic carbocycles. The minimum Gasteiger partial charge on any atom is -0.497 e. The van der Waals surface area contributed by atoms with Gasteiger partial charge < -0.3 is 14.5 Å². The standard InChI is InChI=1S/C23H20N2O4S/c1-13-5-4-6-17-21(13)24-20(25-22(17)26)12-29-23(27)19-11-18(14(2)30-19)15-7-9-16(28-3)10-8-15/h4-11H,12H2,1-3H3,(H,24,25,26). The third-order valence-corrected chi connectivity index (χ3v) is 5.88. The van der Waals surface area contributed by atoms with Gasteiger partial charge >= 0.3 is 5.97 Å². The van der Waals surface area contributed by atoms with Crippen molar-refractivity contribution < 1.29 is 14.3 Å². The van der Waals surface area contributed by atoms with Gasteiger partial charge in [0.2, 0.25) is 0 Å². The van der Waals surface area contributed by atoms with E-state index in [2.05, 4.69) is 9.97 Å². The number of thiophene rings is 1.